The smallest absolute Gasteiger partial charge is 0.0963 e. The van der Waals surface area contributed by atoms with Gasteiger partial charge in [0.2, 0.25) is 0 Å². The Labute approximate surface area is 124 Å². The zero-order valence-electron chi connectivity index (χ0n) is 13.6. The number of hydrogen-bond acceptors (Lipinski definition) is 2. The van der Waals surface area contributed by atoms with E-state index < -0.39 is 0 Å². The molecule has 0 atom stereocenters. The second-order valence-corrected chi connectivity index (χ2v) is 7.53. The third-order valence-corrected chi connectivity index (χ3v) is 5.48. The van der Waals surface area contributed by atoms with Crippen LogP contribution in [0.4, 0.5) is 4.39 Å². The highest BCUT2D eigenvalue weighted by Crippen LogP contribution is 2.56. The Bertz CT molecular complexity index is 268. The molecule has 6 rings (SSSR count). The van der Waals surface area contributed by atoms with Crippen LogP contribution in [0.15, 0.2) is 0 Å². The summed E-state index contributed by atoms with van der Waals surface area (Å²) in [7, 11) is 0. The fourth-order valence-electron chi connectivity index (χ4n) is 4.68. The van der Waals surface area contributed by atoms with E-state index in [1.54, 1.807) is 0 Å². The highest BCUT2D eigenvalue weighted by atomic mass is 19.1. The van der Waals surface area contributed by atoms with E-state index >= 15 is 0 Å². The molecule has 6 aliphatic rings. The maximum Gasteiger partial charge on any atom is 0.0963 e. The molecule has 2 nitrogen and oxygen atoms in total. The van der Waals surface area contributed by atoms with Crippen molar-refractivity contribution in [3.05, 3.63) is 0 Å². The molecule has 2 saturated carbocycles. The molecule has 118 valence electrons. The molecule has 0 unspecified atom stereocenters. The Morgan fingerprint density at radius 2 is 1.70 bits per heavy atom. The van der Waals surface area contributed by atoms with E-state index in [1.807, 2.05) is 13.8 Å². The van der Waals surface area contributed by atoms with Gasteiger partial charge in [-0.1, -0.05) is 20.8 Å². The molecule has 4 aliphatic heterocycles. The Hall–Kier alpha value is -0.150. The normalized spacial score (nSPS) is 44.4. The molecule has 2 aliphatic carbocycles. The molecular formula is C17H33FN2. The predicted molar refractivity (Wildman–Crippen MR) is 83.7 cm³/mol. The molecule has 4 heterocycles. The minimum Gasteiger partial charge on any atom is -0.316 e. The van der Waals surface area contributed by atoms with Gasteiger partial charge < -0.3 is 10.6 Å². The van der Waals surface area contributed by atoms with Crippen LogP contribution in [0, 0.1) is 16.7 Å². The third-order valence-electron chi connectivity index (χ3n) is 5.48. The molecule has 20 heavy (non-hydrogen) atoms. The first-order chi connectivity index (χ1) is 9.63. The maximum absolute atomic E-state index is 12.4. The van der Waals surface area contributed by atoms with Gasteiger partial charge in [0, 0.05) is 24.5 Å². The molecule has 6 fully saturated rings. The predicted octanol–water partition coefficient (Wildman–Crippen LogP) is 3.52. The second kappa shape index (κ2) is 6.74. The summed E-state index contributed by atoms with van der Waals surface area (Å²) in [5, 5.41) is 6.80. The van der Waals surface area contributed by atoms with Crippen LogP contribution in [0.3, 0.4) is 0 Å². The van der Waals surface area contributed by atoms with Gasteiger partial charge in [-0.25, -0.2) is 0 Å². The molecule has 3 heteroatoms. The molecule has 2 N–H and O–H groups in total. The van der Waals surface area contributed by atoms with Gasteiger partial charge in [0.25, 0.3) is 0 Å². The highest BCUT2D eigenvalue weighted by molar-refractivity contribution is 5.06. The summed E-state index contributed by atoms with van der Waals surface area (Å²) in [6.45, 7) is 9.42. The third kappa shape index (κ3) is 3.54. The van der Waals surface area contributed by atoms with E-state index in [0.29, 0.717) is 5.41 Å². The van der Waals surface area contributed by atoms with Gasteiger partial charge in [0.15, 0.2) is 0 Å². The van der Waals surface area contributed by atoms with Crippen LogP contribution in [-0.4, -0.2) is 32.4 Å². The van der Waals surface area contributed by atoms with E-state index in [-0.39, 0.29) is 12.1 Å². The molecule has 0 aromatic carbocycles. The number of piperidine rings is 4. The van der Waals surface area contributed by atoms with Gasteiger partial charge in [0.05, 0.1) is 6.67 Å². The van der Waals surface area contributed by atoms with Crippen LogP contribution < -0.4 is 10.6 Å². The first-order valence-electron chi connectivity index (χ1n) is 8.63. The summed E-state index contributed by atoms with van der Waals surface area (Å²) in [5.74, 6) is 1.04. The fraction of sp³-hybridized carbons (Fsp3) is 1.00. The Morgan fingerprint density at radius 3 is 1.95 bits per heavy atom. The van der Waals surface area contributed by atoms with Crippen molar-refractivity contribution in [3.8, 4) is 0 Å². The first kappa shape index (κ1) is 16.2. The van der Waals surface area contributed by atoms with Crippen molar-refractivity contribution in [2.45, 2.75) is 65.3 Å². The van der Waals surface area contributed by atoms with Crippen LogP contribution in [0.2, 0.25) is 0 Å². The molecule has 4 bridgehead atoms. The van der Waals surface area contributed by atoms with Crippen molar-refractivity contribution in [2.24, 2.45) is 16.7 Å². The average Bonchev–Trinajstić information content (AvgIpc) is 2.51. The summed E-state index contributed by atoms with van der Waals surface area (Å²) in [4.78, 5) is 0. The van der Waals surface area contributed by atoms with Crippen molar-refractivity contribution in [3.63, 3.8) is 0 Å². The molecule has 0 radical (unpaired) electrons. The Balaban J connectivity index is 0.000000133. The SMILES string of the molecule is C1CC2CCC1CN2.CC.CC12CNCC(CF)(C1)C2. The molecule has 0 aromatic heterocycles. The fourth-order valence-corrected chi connectivity index (χ4v) is 4.68. The lowest BCUT2D eigenvalue weighted by Gasteiger charge is -2.58. The van der Waals surface area contributed by atoms with Gasteiger partial charge in [-0.2, -0.15) is 0 Å². The monoisotopic (exact) mass is 284 g/mol. The first-order valence-corrected chi connectivity index (χ1v) is 8.63. The number of alkyl halides is 1. The number of fused-ring (bicyclic) bond motifs is 5. The zero-order chi connectivity index (χ0) is 14.6. The van der Waals surface area contributed by atoms with Gasteiger partial charge in [-0.15, -0.1) is 0 Å². The van der Waals surface area contributed by atoms with Crippen LogP contribution in [0.25, 0.3) is 0 Å². The number of halogens is 1. The zero-order valence-corrected chi connectivity index (χ0v) is 13.6. The Kier molecular flexibility index (Phi) is 5.47. The summed E-state index contributed by atoms with van der Waals surface area (Å²) in [5.41, 5.74) is 0.483. The van der Waals surface area contributed by atoms with Crippen LogP contribution in [-0.2, 0) is 0 Å². The Morgan fingerprint density at radius 1 is 1.05 bits per heavy atom. The summed E-state index contributed by atoms with van der Waals surface area (Å²) in [6.07, 6.45) is 8.09. The average molecular weight is 284 g/mol. The summed E-state index contributed by atoms with van der Waals surface area (Å²) in [6, 6.07) is 0.903. The number of hydrogen-bond donors (Lipinski definition) is 2. The lowest BCUT2D eigenvalue weighted by molar-refractivity contribution is -0.0768. The van der Waals surface area contributed by atoms with Crippen LogP contribution in [0.1, 0.15) is 59.3 Å². The van der Waals surface area contributed by atoms with Crippen molar-refractivity contribution in [2.75, 3.05) is 26.3 Å². The van der Waals surface area contributed by atoms with Gasteiger partial charge >= 0.3 is 0 Å². The van der Waals surface area contributed by atoms with E-state index in [4.69, 9.17) is 0 Å². The van der Waals surface area contributed by atoms with E-state index in [2.05, 4.69) is 17.6 Å². The van der Waals surface area contributed by atoms with E-state index in [0.717, 1.165) is 37.9 Å². The second-order valence-electron chi connectivity index (χ2n) is 7.53. The van der Waals surface area contributed by atoms with E-state index in [1.165, 1.54) is 32.2 Å². The number of rotatable bonds is 1. The number of nitrogens with one attached hydrogen (secondary N) is 2. The largest absolute Gasteiger partial charge is 0.316 e. The lowest BCUT2D eigenvalue weighted by atomic mass is 9.52. The molecule has 0 aromatic rings. The standard InChI is InChI=1S/C8H14FN.C7H13N.C2H6/c1-7-2-8(3-7,4-9)6-10-5-7;1-3-7-4-2-6(1)5-8-7;1-2/h10H,2-6H2,1H3;6-8H,1-5H2;1-2H3. The van der Waals surface area contributed by atoms with Crippen molar-refractivity contribution in [1.82, 2.24) is 10.6 Å². The highest BCUT2D eigenvalue weighted by Gasteiger charge is 2.54. The molecular weight excluding hydrogens is 251 g/mol. The molecule has 0 amide bonds. The summed E-state index contributed by atoms with van der Waals surface area (Å²) < 4.78 is 12.4. The van der Waals surface area contributed by atoms with E-state index in [9.17, 15) is 4.39 Å². The van der Waals surface area contributed by atoms with Gasteiger partial charge in [-0.3, -0.25) is 4.39 Å². The lowest BCUT2D eigenvalue weighted by Crippen LogP contribution is -2.61. The summed E-state index contributed by atoms with van der Waals surface area (Å²) >= 11 is 0. The van der Waals surface area contributed by atoms with Gasteiger partial charge in [0.1, 0.15) is 0 Å². The maximum atomic E-state index is 12.4. The minimum absolute atomic E-state index is 0.0486. The minimum atomic E-state index is -0.129. The van der Waals surface area contributed by atoms with Gasteiger partial charge in [-0.05, 0) is 56.4 Å². The van der Waals surface area contributed by atoms with Crippen molar-refractivity contribution >= 4 is 0 Å². The molecule has 4 saturated heterocycles. The van der Waals surface area contributed by atoms with Crippen LogP contribution >= 0.6 is 0 Å². The van der Waals surface area contributed by atoms with Crippen molar-refractivity contribution in [1.29, 1.82) is 0 Å². The topological polar surface area (TPSA) is 24.1 Å². The van der Waals surface area contributed by atoms with Crippen molar-refractivity contribution < 1.29 is 4.39 Å². The quantitative estimate of drug-likeness (QED) is 0.770. The van der Waals surface area contributed by atoms with Crippen LogP contribution in [0.5, 0.6) is 0 Å². The molecule has 0 spiro atoms.